The van der Waals surface area contributed by atoms with Gasteiger partial charge in [-0.05, 0) is 29.8 Å². The zero-order valence-corrected chi connectivity index (χ0v) is 14.2. The lowest BCUT2D eigenvalue weighted by Gasteiger charge is -2.19. The third-order valence-corrected chi connectivity index (χ3v) is 4.46. The van der Waals surface area contributed by atoms with Crippen LogP contribution in [-0.4, -0.2) is 15.5 Å². The Morgan fingerprint density at radius 3 is 2.50 bits per heavy atom. The normalized spacial score (nSPS) is 12.0. The van der Waals surface area contributed by atoms with Gasteiger partial charge in [0.05, 0.1) is 23.7 Å². The van der Waals surface area contributed by atoms with Crippen molar-refractivity contribution in [3.05, 3.63) is 97.0 Å². The molecule has 128 valence electrons. The number of aromatic nitrogens is 2. The van der Waals surface area contributed by atoms with Crippen LogP contribution in [0.15, 0.2) is 91.4 Å². The maximum absolute atomic E-state index is 12.8. The molecule has 1 atom stereocenters. The standard InChI is InChI=1S/C22H19N3O/c26-21(24-19-12-6-10-18-11-7-13-23-22(18)19)16-20(25-14-4-5-15-25)17-8-2-1-3-9-17/h1-15,20H,16H2,(H,24,26)/t20-/m1/s1. The van der Waals surface area contributed by atoms with Crippen LogP contribution >= 0.6 is 0 Å². The number of rotatable bonds is 5. The quantitative estimate of drug-likeness (QED) is 0.574. The van der Waals surface area contributed by atoms with Crippen molar-refractivity contribution >= 4 is 22.5 Å². The van der Waals surface area contributed by atoms with Crippen molar-refractivity contribution < 1.29 is 4.79 Å². The summed E-state index contributed by atoms with van der Waals surface area (Å²) in [5.41, 5.74) is 2.66. The number of para-hydroxylation sites is 1. The Hall–Kier alpha value is -3.40. The van der Waals surface area contributed by atoms with Crippen LogP contribution < -0.4 is 5.32 Å². The SMILES string of the molecule is O=C(C[C@H](c1ccccc1)n1cccc1)Nc1cccc2cccnc12. The molecule has 0 saturated heterocycles. The highest BCUT2D eigenvalue weighted by Gasteiger charge is 2.18. The van der Waals surface area contributed by atoms with Gasteiger partial charge in [-0.2, -0.15) is 0 Å². The van der Waals surface area contributed by atoms with Crippen LogP contribution in [0.5, 0.6) is 0 Å². The molecule has 0 aliphatic rings. The van der Waals surface area contributed by atoms with Crippen molar-refractivity contribution in [1.82, 2.24) is 9.55 Å². The second-order valence-electron chi connectivity index (χ2n) is 6.19. The average Bonchev–Trinajstić information content (AvgIpc) is 3.22. The van der Waals surface area contributed by atoms with Gasteiger partial charge in [0.1, 0.15) is 0 Å². The molecular weight excluding hydrogens is 322 g/mol. The molecule has 0 saturated carbocycles. The van der Waals surface area contributed by atoms with Gasteiger partial charge < -0.3 is 9.88 Å². The van der Waals surface area contributed by atoms with Crippen molar-refractivity contribution in [3.63, 3.8) is 0 Å². The topological polar surface area (TPSA) is 46.9 Å². The molecule has 2 heterocycles. The van der Waals surface area contributed by atoms with Gasteiger partial charge >= 0.3 is 0 Å². The number of amides is 1. The number of benzene rings is 2. The Balaban J connectivity index is 1.59. The van der Waals surface area contributed by atoms with Gasteiger partial charge in [0, 0.05) is 24.0 Å². The van der Waals surface area contributed by atoms with Crippen molar-refractivity contribution in [2.24, 2.45) is 0 Å². The van der Waals surface area contributed by atoms with Gasteiger partial charge in [-0.1, -0.05) is 48.5 Å². The Morgan fingerprint density at radius 1 is 0.923 bits per heavy atom. The first kappa shape index (κ1) is 16.1. The third-order valence-electron chi connectivity index (χ3n) is 4.46. The zero-order chi connectivity index (χ0) is 17.8. The van der Waals surface area contributed by atoms with Gasteiger partial charge in [-0.25, -0.2) is 0 Å². The van der Waals surface area contributed by atoms with E-state index in [9.17, 15) is 4.79 Å². The summed E-state index contributed by atoms with van der Waals surface area (Å²) in [5, 5.41) is 4.04. The van der Waals surface area contributed by atoms with E-state index in [1.165, 1.54) is 0 Å². The van der Waals surface area contributed by atoms with E-state index >= 15 is 0 Å². The van der Waals surface area contributed by atoms with Crippen LogP contribution in [-0.2, 0) is 4.79 Å². The predicted molar refractivity (Wildman–Crippen MR) is 104 cm³/mol. The van der Waals surface area contributed by atoms with Crippen LogP contribution in [0, 0.1) is 0 Å². The number of pyridine rings is 1. The van der Waals surface area contributed by atoms with E-state index in [1.807, 2.05) is 73.1 Å². The van der Waals surface area contributed by atoms with Crippen molar-refractivity contribution in [3.8, 4) is 0 Å². The van der Waals surface area contributed by atoms with Gasteiger partial charge in [-0.15, -0.1) is 0 Å². The van der Waals surface area contributed by atoms with Gasteiger partial charge in [-0.3, -0.25) is 9.78 Å². The number of hydrogen-bond donors (Lipinski definition) is 1. The Bertz CT molecular complexity index is 1000. The second-order valence-corrected chi connectivity index (χ2v) is 6.19. The molecule has 0 unspecified atom stereocenters. The second kappa shape index (κ2) is 7.23. The summed E-state index contributed by atoms with van der Waals surface area (Å²) >= 11 is 0. The lowest BCUT2D eigenvalue weighted by atomic mass is 10.0. The number of carbonyl (C=O) groups excluding carboxylic acids is 1. The number of fused-ring (bicyclic) bond motifs is 1. The van der Waals surface area contributed by atoms with E-state index < -0.39 is 0 Å². The highest BCUT2D eigenvalue weighted by atomic mass is 16.1. The molecule has 0 spiro atoms. The molecule has 4 aromatic rings. The molecule has 2 aromatic heterocycles. The largest absolute Gasteiger partial charge is 0.346 e. The van der Waals surface area contributed by atoms with E-state index in [0.717, 1.165) is 22.2 Å². The summed E-state index contributed by atoms with van der Waals surface area (Å²) in [5.74, 6) is -0.0364. The summed E-state index contributed by atoms with van der Waals surface area (Å²) in [7, 11) is 0. The number of carbonyl (C=O) groups is 1. The van der Waals surface area contributed by atoms with E-state index in [2.05, 4.69) is 27.0 Å². The van der Waals surface area contributed by atoms with Crippen molar-refractivity contribution in [2.75, 3.05) is 5.32 Å². The fourth-order valence-corrected chi connectivity index (χ4v) is 3.21. The molecule has 4 nitrogen and oxygen atoms in total. The summed E-state index contributed by atoms with van der Waals surface area (Å²) in [6.45, 7) is 0. The van der Waals surface area contributed by atoms with Crippen molar-refractivity contribution in [1.29, 1.82) is 0 Å². The molecular formula is C22H19N3O. The Morgan fingerprint density at radius 2 is 1.69 bits per heavy atom. The van der Waals surface area contributed by atoms with Gasteiger partial charge in [0.15, 0.2) is 0 Å². The predicted octanol–water partition coefficient (Wildman–Crippen LogP) is 4.65. The molecule has 0 aliphatic heterocycles. The minimum atomic E-state index is -0.0471. The molecule has 0 bridgehead atoms. The summed E-state index contributed by atoms with van der Waals surface area (Å²) in [6, 6.07) is 23.7. The molecule has 1 N–H and O–H groups in total. The van der Waals surface area contributed by atoms with Crippen LogP contribution in [0.4, 0.5) is 5.69 Å². The minimum Gasteiger partial charge on any atom is -0.346 e. The fraction of sp³-hybridized carbons (Fsp3) is 0.0909. The highest BCUT2D eigenvalue weighted by Crippen LogP contribution is 2.25. The number of nitrogens with one attached hydrogen (secondary N) is 1. The van der Waals surface area contributed by atoms with Crippen molar-refractivity contribution in [2.45, 2.75) is 12.5 Å². The average molecular weight is 341 g/mol. The number of nitrogens with zero attached hydrogens (tertiary/aromatic N) is 2. The number of anilines is 1. The maximum atomic E-state index is 12.8. The Labute approximate surface area is 152 Å². The van der Waals surface area contributed by atoms with E-state index in [0.29, 0.717) is 6.42 Å². The summed E-state index contributed by atoms with van der Waals surface area (Å²) in [6.07, 6.45) is 6.07. The molecule has 4 rings (SSSR count). The maximum Gasteiger partial charge on any atom is 0.226 e. The molecule has 4 heteroatoms. The van der Waals surface area contributed by atoms with E-state index in [4.69, 9.17) is 0 Å². The molecule has 0 aliphatic carbocycles. The summed E-state index contributed by atoms with van der Waals surface area (Å²) in [4.78, 5) is 17.2. The Kier molecular flexibility index (Phi) is 4.48. The zero-order valence-electron chi connectivity index (χ0n) is 14.2. The molecule has 0 fully saturated rings. The van der Waals surface area contributed by atoms with Crippen LogP contribution in [0.2, 0.25) is 0 Å². The molecule has 26 heavy (non-hydrogen) atoms. The number of hydrogen-bond acceptors (Lipinski definition) is 2. The van der Waals surface area contributed by atoms with Gasteiger partial charge in [0.25, 0.3) is 0 Å². The summed E-state index contributed by atoms with van der Waals surface area (Å²) < 4.78 is 2.07. The minimum absolute atomic E-state index is 0.0364. The molecule has 1 amide bonds. The third kappa shape index (κ3) is 3.35. The molecule has 2 aromatic carbocycles. The van der Waals surface area contributed by atoms with Gasteiger partial charge in [0.2, 0.25) is 5.91 Å². The lowest BCUT2D eigenvalue weighted by molar-refractivity contribution is -0.116. The molecule has 0 radical (unpaired) electrons. The monoisotopic (exact) mass is 341 g/mol. The first-order valence-electron chi connectivity index (χ1n) is 8.62. The highest BCUT2D eigenvalue weighted by molar-refractivity contribution is 6.00. The van der Waals surface area contributed by atoms with E-state index in [-0.39, 0.29) is 11.9 Å². The smallest absolute Gasteiger partial charge is 0.226 e. The van der Waals surface area contributed by atoms with E-state index in [1.54, 1.807) is 6.20 Å². The first-order valence-corrected chi connectivity index (χ1v) is 8.62. The fourth-order valence-electron chi connectivity index (χ4n) is 3.21. The van der Waals surface area contributed by atoms with Crippen LogP contribution in [0.1, 0.15) is 18.0 Å². The van der Waals surface area contributed by atoms with Crippen LogP contribution in [0.25, 0.3) is 10.9 Å². The lowest BCUT2D eigenvalue weighted by Crippen LogP contribution is -2.19. The first-order chi connectivity index (χ1) is 12.8. The van der Waals surface area contributed by atoms with Crippen LogP contribution in [0.3, 0.4) is 0 Å².